The smallest absolute Gasteiger partial charge is 0.258 e. The van der Waals surface area contributed by atoms with Crippen LogP contribution in [0.4, 0.5) is 15.8 Å². The lowest BCUT2D eigenvalue weighted by Gasteiger charge is -2.09. The van der Waals surface area contributed by atoms with Crippen molar-refractivity contribution in [1.82, 2.24) is 0 Å². The summed E-state index contributed by atoms with van der Waals surface area (Å²) < 4.78 is 13.5. The maximum atomic E-state index is 13.5. The number of nitrogens with two attached hydrogens (primary N) is 1. The van der Waals surface area contributed by atoms with E-state index >= 15 is 0 Å². The van der Waals surface area contributed by atoms with E-state index in [-0.39, 0.29) is 5.56 Å². The molecule has 0 saturated carbocycles. The van der Waals surface area contributed by atoms with Crippen molar-refractivity contribution in [3.05, 3.63) is 59.4 Å². The minimum atomic E-state index is -0.543. The minimum Gasteiger partial charge on any atom is -0.398 e. The number of halogens is 1. The van der Waals surface area contributed by atoms with Gasteiger partial charge in [0, 0.05) is 11.4 Å². The summed E-state index contributed by atoms with van der Waals surface area (Å²) in [6.45, 7) is 2.00. The van der Waals surface area contributed by atoms with Gasteiger partial charge in [-0.05, 0) is 36.2 Å². The van der Waals surface area contributed by atoms with Gasteiger partial charge < -0.3 is 11.1 Å². The van der Waals surface area contributed by atoms with Crippen LogP contribution in [-0.4, -0.2) is 5.91 Å². The van der Waals surface area contributed by atoms with Gasteiger partial charge in [-0.2, -0.15) is 0 Å². The topological polar surface area (TPSA) is 55.1 Å². The Morgan fingerprint density at radius 2 is 2.00 bits per heavy atom. The average Bonchev–Trinajstić information content (AvgIpc) is 2.39. The molecule has 0 heterocycles. The number of nitrogens with one attached hydrogen (secondary N) is 1. The molecule has 4 heteroatoms. The number of carbonyl (C=O) groups is 1. The molecule has 2 aromatic rings. The first-order chi connectivity index (χ1) is 9.11. The molecule has 0 aliphatic heterocycles. The number of anilines is 2. The summed E-state index contributed by atoms with van der Waals surface area (Å²) in [7, 11) is 0. The molecule has 0 saturated heterocycles. The van der Waals surface area contributed by atoms with Crippen LogP contribution >= 0.6 is 0 Å². The summed E-state index contributed by atoms with van der Waals surface area (Å²) in [6.07, 6.45) is 0.827. The zero-order chi connectivity index (χ0) is 13.8. The molecule has 0 unspecified atom stereocenters. The molecule has 3 nitrogen and oxygen atoms in total. The van der Waals surface area contributed by atoms with Gasteiger partial charge in [0.2, 0.25) is 0 Å². The van der Waals surface area contributed by atoms with Crippen LogP contribution in [0, 0.1) is 5.82 Å². The van der Waals surface area contributed by atoms with Gasteiger partial charge in [-0.1, -0.05) is 25.1 Å². The van der Waals surface area contributed by atoms with Gasteiger partial charge in [0.25, 0.3) is 5.91 Å². The van der Waals surface area contributed by atoms with Crippen LogP contribution in [0.25, 0.3) is 0 Å². The second kappa shape index (κ2) is 5.52. The Bertz CT molecular complexity index is 611. The zero-order valence-corrected chi connectivity index (χ0v) is 10.6. The fourth-order valence-electron chi connectivity index (χ4n) is 1.84. The number of hydrogen-bond donors (Lipinski definition) is 2. The molecule has 1 amide bonds. The van der Waals surface area contributed by atoms with E-state index in [0.29, 0.717) is 11.4 Å². The van der Waals surface area contributed by atoms with Crippen molar-refractivity contribution in [1.29, 1.82) is 0 Å². The molecule has 98 valence electrons. The number of nitrogen functional groups attached to an aromatic ring is 1. The molecule has 2 rings (SSSR count). The van der Waals surface area contributed by atoms with E-state index in [2.05, 4.69) is 5.32 Å². The van der Waals surface area contributed by atoms with Crippen molar-refractivity contribution in [3.63, 3.8) is 0 Å². The number of hydrogen-bond acceptors (Lipinski definition) is 2. The van der Waals surface area contributed by atoms with Crippen molar-refractivity contribution in [2.24, 2.45) is 0 Å². The van der Waals surface area contributed by atoms with Crippen LogP contribution in [-0.2, 0) is 6.42 Å². The second-order valence-electron chi connectivity index (χ2n) is 4.20. The van der Waals surface area contributed by atoms with E-state index in [0.717, 1.165) is 12.0 Å². The zero-order valence-electron chi connectivity index (χ0n) is 10.6. The molecule has 0 spiro atoms. The highest BCUT2D eigenvalue weighted by Gasteiger charge is 2.11. The number of rotatable bonds is 3. The third-order valence-corrected chi connectivity index (χ3v) is 2.90. The first-order valence-electron chi connectivity index (χ1n) is 6.06. The predicted octanol–water partition coefficient (Wildman–Crippen LogP) is 3.22. The van der Waals surface area contributed by atoms with Gasteiger partial charge in [-0.15, -0.1) is 0 Å². The van der Waals surface area contributed by atoms with E-state index in [1.165, 1.54) is 12.1 Å². The van der Waals surface area contributed by atoms with E-state index in [1.807, 2.05) is 13.0 Å². The van der Waals surface area contributed by atoms with Crippen molar-refractivity contribution in [3.8, 4) is 0 Å². The molecule has 0 bridgehead atoms. The monoisotopic (exact) mass is 258 g/mol. The number of benzene rings is 2. The molecule has 0 radical (unpaired) electrons. The summed E-state index contributed by atoms with van der Waals surface area (Å²) in [6, 6.07) is 11.1. The quantitative estimate of drug-likeness (QED) is 0.830. The van der Waals surface area contributed by atoms with Crippen molar-refractivity contribution >= 4 is 17.3 Å². The highest BCUT2D eigenvalue weighted by molar-refractivity contribution is 6.04. The van der Waals surface area contributed by atoms with Gasteiger partial charge in [0.1, 0.15) is 5.82 Å². The Kier molecular flexibility index (Phi) is 3.80. The fourth-order valence-corrected chi connectivity index (χ4v) is 1.84. The first-order valence-corrected chi connectivity index (χ1v) is 6.06. The van der Waals surface area contributed by atoms with E-state index < -0.39 is 11.7 Å². The highest BCUT2D eigenvalue weighted by atomic mass is 19.1. The molecule has 0 atom stereocenters. The van der Waals surface area contributed by atoms with E-state index in [1.54, 1.807) is 24.3 Å². The molecule has 2 aromatic carbocycles. The minimum absolute atomic E-state index is 0.0145. The predicted molar refractivity (Wildman–Crippen MR) is 74.6 cm³/mol. The first kappa shape index (κ1) is 13.1. The van der Waals surface area contributed by atoms with Crippen LogP contribution in [0.2, 0.25) is 0 Å². The summed E-state index contributed by atoms with van der Waals surface area (Å²) in [4.78, 5) is 11.9. The van der Waals surface area contributed by atoms with E-state index in [4.69, 9.17) is 5.73 Å². The van der Waals surface area contributed by atoms with Gasteiger partial charge in [-0.25, -0.2) is 4.39 Å². The Balaban J connectivity index is 2.20. The lowest BCUT2D eigenvalue weighted by Crippen LogP contribution is -2.13. The van der Waals surface area contributed by atoms with Crippen LogP contribution < -0.4 is 11.1 Å². The molecule has 0 aliphatic carbocycles. The summed E-state index contributed by atoms with van der Waals surface area (Å²) in [5, 5.41) is 2.63. The van der Waals surface area contributed by atoms with Crippen molar-refractivity contribution in [2.75, 3.05) is 11.1 Å². The molecule has 0 fully saturated rings. The molecular formula is C15H15FN2O. The van der Waals surface area contributed by atoms with Crippen LogP contribution in [0.3, 0.4) is 0 Å². The molecule has 19 heavy (non-hydrogen) atoms. The van der Waals surface area contributed by atoms with Crippen LogP contribution in [0.5, 0.6) is 0 Å². The maximum absolute atomic E-state index is 13.5. The Hall–Kier alpha value is -2.36. The van der Waals surface area contributed by atoms with Gasteiger partial charge in [-0.3, -0.25) is 4.79 Å². The standard InChI is InChI=1S/C15H15FN2O/c1-2-10-7-8-11(9-14(10)17)18-15(19)12-5-3-4-6-13(12)16/h3-9H,2,17H2,1H3,(H,18,19). The van der Waals surface area contributed by atoms with Crippen molar-refractivity contribution < 1.29 is 9.18 Å². The molecule has 3 N–H and O–H groups in total. The summed E-state index contributed by atoms with van der Waals surface area (Å²) >= 11 is 0. The lowest BCUT2D eigenvalue weighted by molar-refractivity contribution is 0.102. The maximum Gasteiger partial charge on any atom is 0.258 e. The fraction of sp³-hybridized carbons (Fsp3) is 0.133. The van der Waals surface area contributed by atoms with Gasteiger partial charge in [0.15, 0.2) is 0 Å². The number of amides is 1. The normalized spacial score (nSPS) is 10.2. The number of aryl methyl sites for hydroxylation is 1. The van der Waals surface area contributed by atoms with Crippen molar-refractivity contribution in [2.45, 2.75) is 13.3 Å². The average molecular weight is 258 g/mol. The second-order valence-corrected chi connectivity index (χ2v) is 4.20. The van der Waals surface area contributed by atoms with Crippen LogP contribution in [0.15, 0.2) is 42.5 Å². The van der Waals surface area contributed by atoms with Gasteiger partial charge >= 0.3 is 0 Å². The van der Waals surface area contributed by atoms with Crippen LogP contribution in [0.1, 0.15) is 22.8 Å². The van der Waals surface area contributed by atoms with Gasteiger partial charge in [0.05, 0.1) is 5.56 Å². The number of carbonyl (C=O) groups excluding carboxylic acids is 1. The summed E-state index contributed by atoms with van der Waals surface area (Å²) in [5.74, 6) is -1.03. The van der Waals surface area contributed by atoms with E-state index in [9.17, 15) is 9.18 Å². The Morgan fingerprint density at radius 3 is 2.63 bits per heavy atom. The highest BCUT2D eigenvalue weighted by Crippen LogP contribution is 2.19. The molecular weight excluding hydrogens is 243 g/mol. The summed E-state index contributed by atoms with van der Waals surface area (Å²) in [5.41, 5.74) is 8.06. The lowest BCUT2D eigenvalue weighted by atomic mass is 10.1. The third kappa shape index (κ3) is 2.91. The SMILES string of the molecule is CCc1ccc(NC(=O)c2ccccc2F)cc1N. The largest absolute Gasteiger partial charge is 0.398 e. The molecule has 0 aromatic heterocycles. The Morgan fingerprint density at radius 1 is 1.26 bits per heavy atom. The Labute approximate surface area is 111 Å². The third-order valence-electron chi connectivity index (χ3n) is 2.90. The molecule has 0 aliphatic rings.